The summed E-state index contributed by atoms with van der Waals surface area (Å²) in [5.41, 5.74) is -1.48. The summed E-state index contributed by atoms with van der Waals surface area (Å²) in [6.45, 7) is 1.50. The number of halogens is 4. The highest BCUT2D eigenvalue weighted by Crippen LogP contribution is 2.32. The molecule has 0 amide bonds. The normalized spacial score (nSPS) is 11.5. The number of aromatic nitrogens is 2. The number of nitrogens with zero attached hydrogens (tertiary/aromatic N) is 2. The van der Waals surface area contributed by atoms with Crippen molar-refractivity contribution in [1.29, 1.82) is 0 Å². The first kappa shape index (κ1) is 15.6. The maximum absolute atomic E-state index is 13.0. The second-order valence-electron chi connectivity index (χ2n) is 4.03. The van der Waals surface area contributed by atoms with E-state index in [4.69, 9.17) is 0 Å². The van der Waals surface area contributed by atoms with E-state index in [2.05, 4.69) is 25.8 Å². The Labute approximate surface area is 126 Å². The number of carbonyl (C=O) groups is 1. The van der Waals surface area contributed by atoms with E-state index in [1.807, 2.05) is 0 Å². The minimum atomic E-state index is -4.74. The Hall–Kier alpha value is -1.83. The third kappa shape index (κ3) is 3.44. The van der Waals surface area contributed by atoms with Crippen LogP contribution < -0.4 is 0 Å². The molecule has 112 valence electrons. The Balaban J connectivity index is 2.53. The van der Waals surface area contributed by atoms with Crippen LogP contribution in [0.25, 0.3) is 5.69 Å². The highest BCUT2D eigenvalue weighted by atomic mass is 79.9. The molecule has 1 heterocycles. The van der Waals surface area contributed by atoms with E-state index < -0.39 is 23.4 Å². The molecule has 8 heteroatoms. The van der Waals surface area contributed by atoms with Gasteiger partial charge in [-0.15, -0.1) is 0 Å². The molecule has 0 saturated carbocycles. The van der Waals surface area contributed by atoms with Crippen LogP contribution in [0.2, 0.25) is 0 Å². The van der Waals surface area contributed by atoms with Gasteiger partial charge in [0.25, 0.3) is 0 Å². The standard InChI is InChI=1S/C13H10BrF3N2O2/c1-2-21-12(20)10-7-19(18-11(10)13(15,16)17)9-5-3-4-8(14)6-9/h3-7H,2H2,1H3. The second-order valence-corrected chi connectivity index (χ2v) is 4.95. The number of hydrogen-bond donors (Lipinski definition) is 0. The van der Waals surface area contributed by atoms with Crippen LogP contribution in [-0.4, -0.2) is 22.4 Å². The van der Waals surface area contributed by atoms with Crippen molar-refractivity contribution in [1.82, 2.24) is 9.78 Å². The fourth-order valence-electron chi connectivity index (χ4n) is 1.69. The van der Waals surface area contributed by atoms with Gasteiger partial charge >= 0.3 is 12.1 Å². The van der Waals surface area contributed by atoms with Gasteiger partial charge in [0.05, 0.1) is 12.3 Å². The van der Waals surface area contributed by atoms with Gasteiger partial charge in [-0.05, 0) is 25.1 Å². The molecule has 0 atom stereocenters. The van der Waals surface area contributed by atoms with Crippen LogP contribution in [0.3, 0.4) is 0 Å². The third-order valence-electron chi connectivity index (χ3n) is 2.55. The fourth-order valence-corrected chi connectivity index (χ4v) is 2.08. The average molecular weight is 363 g/mol. The molecule has 4 nitrogen and oxygen atoms in total. The minimum absolute atomic E-state index is 0.0157. The molecule has 0 radical (unpaired) electrons. The number of esters is 1. The Morgan fingerprint density at radius 1 is 1.43 bits per heavy atom. The van der Waals surface area contributed by atoms with Gasteiger partial charge in [0.1, 0.15) is 5.56 Å². The van der Waals surface area contributed by atoms with Crippen molar-refractivity contribution >= 4 is 21.9 Å². The zero-order valence-electron chi connectivity index (χ0n) is 10.8. The highest BCUT2D eigenvalue weighted by Gasteiger charge is 2.39. The number of hydrogen-bond acceptors (Lipinski definition) is 3. The Kier molecular flexibility index (Phi) is 4.36. The lowest BCUT2D eigenvalue weighted by Crippen LogP contribution is -2.14. The molecular formula is C13H10BrF3N2O2. The van der Waals surface area contributed by atoms with Gasteiger partial charge in [-0.3, -0.25) is 0 Å². The zero-order valence-corrected chi connectivity index (χ0v) is 12.4. The number of ether oxygens (including phenoxy) is 1. The molecule has 0 saturated heterocycles. The van der Waals surface area contributed by atoms with E-state index in [0.29, 0.717) is 10.2 Å². The SMILES string of the molecule is CCOC(=O)c1cn(-c2cccc(Br)c2)nc1C(F)(F)F. The summed E-state index contributed by atoms with van der Waals surface area (Å²) in [4.78, 5) is 11.6. The van der Waals surface area contributed by atoms with Crippen molar-refractivity contribution in [3.8, 4) is 5.69 Å². The van der Waals surface area contributed by atoms with Crippen LogP contribution >= 0.6 is 15.9 Å². The van der Waals surface area contributed by atoms with Crippen LogP contribution in [0.1, 0.15) is 23.0 Å². The molecule has 2 aromatic rings. The van der Waals surface area contributed by atoms with Gasteiger partial charge in [-0.1, -0.05) is 22.0 Å². The number of rotatable bonds is 3. The summed E-state index contributed by atoms with van der Waals surface area (Å²) < 4.78 is 45.2. The Morgan fingerprint density at radius 2 is 2.14 bits per heavy atom. The predicted molar refractivity (Wildman–Crippen MR) is 72.2 cm³/mol. The van der Waals surface area contributed by atoms with Crippen LogP contribution in [0.5, 0.6) is 0 Å². The number of carbonyl (C=O) groups excluding carboxylic acids is 1. The molecule has 0 aliphatic rings. The van der Waals surface area contributed by atoms with E-state index in [1.165, 1.54) is 6.92 Å². The lowest BCUT2D eigenvalue weighted by atomic mass is 10.2. The van der Waals surface area contributed by atoms with Gasteiger partial charge in [0.2, 0.25) is 0 Å². The van der Waals surface area contributed by atoms with Gasteiger partial charge in [0, 0.05) is 10.7 Å². The van der Waals surface area contributed by atoms with Crippen molar-refractivity contribution in [3.05, 3.63) is 46.2 Å². The number of alkyl halides is 3. The van der Waals surface area contributed by atoms with E-state index >= 15 is 0 Å². The van der Waals surface area contributed by atoms with Gasteiger partial charge in [0.15, 0.2) is 5.69 Å². The lowest BCUT2D eigenvalue weighted by Gasteiger charge is -2.05. The summed E-state index contributed by atoms with van der Waals surface area (Å²) in [6.07, 6.45) is -3.72. The molecule has 0 bridgehead atoms. The number of benzene rings is 1. The highest BCUT2D eigenvalue weighted by molar-refractivity contribution is 9.10. The first-order valence-electron chi connectivity index (χ1n) is 5.93. The molecule has 0 unspecified atom stereocenters. The van der Waals surface area contributed by atoms with Crippen molar-refractivity contribution in [2.45, 2.75) is 13.1 Å². The van der Waals surface area contributed by atoms with E-state index in [0.717, 1.165) is 10.9 Å². The van der Waals surface area contributed by atoms with Crippen LogP contribution in [-0.2, 0) is 10.9 Å². The molecular weight excluding hydrogens is 353 g/mol. The molecule has 0 fully saturated rings. The Morgan fingerprint density at radius 3 is 2.71 bits per heavy atom. The molecule has 1 aromatic carbocycles. The smallest absolute Gasteiger partial charge is 0.436 e. The van der Waals surface area contributed by atoms with Crippen LogP contribution in [0.4, 0.5) is 13.2 Å². The molecule has 0 N–H and O–H groups in total. The van der Waals surface area contributed by atoms with E-state index in [-0.39, 0.29) is 6.61 Å². The summed E-state index contributed by atoms with van der Waals surface area (Å²) in [5.74, 6) is -1.05. The summed E-state index contributed by atoms with van der Waals surface area (Å²) in [6, 6.07) is 6.54. The predicted octanol–water partition coefficient (Wildman–Crippen LogP) is 3.83. The molecule has 1 aromatic heterocycles. The molecule has 0 spiro atoms. The van der Waals surface area contributed by atoms with Crippen molar-refractivity contribution in [2.75, 3.05) is 6.61 Å². The topological polar surface area (TPSA) is 44.1 Å². The molecule has 2 rings (SSSR count). The largest absolute Gasteiger partial charge is 0.462 e. The summed E-state index contributed by atoms with van der Waals surface area (Å²) in [7, 11) is 0. The Bertz CT molecular complexity index is 668. The second kappa shape index (κ2) is 5.88. The van der Waals surface area contributed by atoms with Crippen LogP contribution in [0, 0.1) is 0 Å². The van der Waals surface area contributed by atoms with Crippen molar-refractivity contribution in [2.24, 2.45) is 0 Å². The first-order valence-corrected chi connectivity index (χ1v) is 6.72. The van der Waals surface area contributed by atoms with Crippen molar-refractivity contribution in [3.63, 3.8) is 0 Å². The summed E-state index contributed by atoms with van der Waals surface area (Å²) in [5, 5.41) is 3.47. The lowest BCUT2D eigenvalue weighted by molar-refractivity contribution is -0.141. The zero-order chi connectivity index (χ0) is 15.6. The molecule has 21 heavy (non-hydrogen) atoms. The molecule has 0 aliphatic carbocycles. The first-order chi connectivity index (χ1) is 9.82. The van der Waals surface area contributed by atoms with Crippen molar-refractivity contribution < 1.29 is 22.7 Å². The monoisotopic (exact) mass is 362 g/mol. The maximum Gasteiger partial charge on any atom is 0.436 e. The van der Waals surface area contributed by atoms with Crippen LogP contribution in [0.15, 0.2) is 34.9 Å². The third-order valence-corrected chi connectivity index (χ3v) is 3.04. The fraction of sp³-hybridized carbons (Fsp3) is 0.231. The maximum atomic E-state index is 13.0. The van der Waals surface area contributed by atoms with Gasteiger partial charge in [-0.2, -0.15) is 18.3 Å². The van der Waals surface area contributed by atoms with Gasteiger partial charge in [-0.25, -0.2) is 9.48 Å². The van der Waals surface area contributed by atoms with E-state index in [9.17, 15) is 18.0 Å². The minimum Gasteiger partial charge on any atom is -0.462 e. The van der Waals surface area contributed by atoms with Gasteiger partial charge < -0.3 is 4.74 Å². The average Bonchev–Trinajstić information content (AvgIpc) is 2.84. The molecule has 0 aliphatic heterocycles. The summed E-state index contributed by atoms with van der Waals surface area (Å²) >= 11 is 3.22. The quantitative estimate of drug-likeness (QED) is 0.779. The van der Waals surface area contributed by atoms with E-state index in [1.54, 1.807) is 24.3 Å².